The highest BCUT2D eigenvalue weighted by Gasteiger charge is 2.38. The number of hydrogen-bond acceptors (Lipinski definition) is 5. The van der Waals surface area contributed by atoms with Gasteiger partial charge in [0, 0.05) is 16.8 Å². The molecule has 1 unspecified atom stereocenters. The maximum absolute atomic E-state index is 10.6. The van der Waals surface area contributed by atoms with E-state index in [2.05, 4.69) is 79.1 Å². The van der Waals surface area contributed by atoms with Gasteiger partial charge in [-0.3, -0.25) is 0 Å². The fourth-order valence-corrected chi connectivity index (χ4v) is 5.53. The Morgan fingerprint density at radius 1 is 0.865 bits per heavy atom. The van der Waals surface area contributed by atoms with Crippen LogP contribution in [0.15, 0.2) is 102 Å². The Labute approximate surface area is 228 Å². The molecular formula is C27H31F3O4S3. The highest BCUT2D eigenvalue weighted by atomic mass is 33.1. The molecule has 1 aliphatic rings. The molecule has 10 heteroatoms. The Morgan fingerprint density at radius 3 is 1.51 bits per heavy atom. The summed E-state index contributed by atoms with van der Waals surface area (Å²) in [7, 11) is 3.79. The summed E-state index contributed by atoms with van der Waals surface area (Å²) in [5.41, 5.74) is 2.80. The number of carboxylic acid groups (broad SMARTS) is 1. The van der Waals surface area contributed by atoms with Crippen molar-refractivity contribution >= 4 is 39.3 Å². The summed E-state index contributed by atoms with van der Waals surface area (Å²) < 4.78 is 31.7. The molecule has 37 heavy (non-hydrogen) atoms. The first kappa shape index (κ1) is 34.5. The third kappa shape index (κ3) is 18.4. The third-order valence-corrected chi connectivity index (χ3v) is 7.75. The fraction of sp³-hybridized carbons (Fsp3) is 0.222. The predicted molar refractivity (Wildman–Crippen MR) is 152 cm³/mol. The van der Waals surface area contributed by atoms with E-state index < -0.39 is 12.1 Å². The molecule has 3 aromatic rings. The van der Waals surface area contributed by atoms with E-state index >= 15 is 0 Å². The number of benzene rings is 3. The Bertz CT molecular complexity index is 951. The van der Waals surface area contributed by atoms with Gasteiger partial charge >= 0.3 is 12.1 Å². The SMILES string of the molecule is CCC1C=CSS1.O.O=C(O)C(F)(F)F.Oc1ccccc1.c1ccc(CSCc2ccccc2)cc1. The zero-order valence-corrected chi connectivity index (χ0v) is 22.6. The first-order valence-corrected chi connectivity index (χ1v) is 14.3. The Balaban J connectivity index is 0.000000502. The fourth-order valence-electron chi connectivity index (χ4n) is 2.32. The molecule has 0 spiro atoms. The number of carboxylic acids is 1. The van der Waals surface area contributed by atoms with Crippen LogP contribution in [0.5, 0.6) is 5.75 Å². The van der Waals surface area contributed by atoms with Gasteiger partial charge in [-0.1, -0.05) is 113 Å². The van der Waals surface area contributed by atoms with Crippen molar-refractivity contribution in [1.82, 2.24) is 0 Å². The third-order valence-electron chi connectivity index (χ3n) is 4.15. The molecular weight excluding hydrogens is 541 g/mol. The molecule has 0 radical (unpaired) electrons. The van der Waals surface area contributed by atoms with Crippen molar-refractivity contribution in [2.45, 2.75) is 36.3 Å². The van der Waals surface area contributed by atoms with E-state index in [9.17, 15) is 13.2 Å². The molecule has 1 aliphatic heterocycles. The van der Waals surface area contributed by atoms with Gasteiger partial charge in [0.05, 0.1) is 0 Å². The van der Waals surface area contributed by atoms with Crippen LogP contribution in [0.2, 0.25) is 0 Å². The number of hydrogen-bond donors (Lipinski definition) is 2. The van der Waals surface area contributed by atoms with Gasteiger partial charge in [0.15, 0.2) is 0 Å². The Hall–Kier alpha value is -2.53. The summed E-state index contributed by atoms with van der Waals surface area (Å²) in [5, 5.41) is 18.7. The lowest BCUT2D eigenvalue weighted by Crippen LogP contribution is -2.21. The van der Waals surface area contributed by atoms with E-state index in [4.69, 9.17) is 15.0 Å². The van der Waals surface area contributed by atoms with Crippen molar-refractivity contribution in [3.8, 4) is 5.75 Å². The number of para-hydroxylation sites is 1. The van der Waals surface area contributed by atoms with Crippen LogP contribution in [-0.4, -0.2) is 33.1 Å². The summed E-state index contributed by atoms with van der Waals surface area (Å²) in [5.74, 6) is -0.249. The van der Waals surface area contributed by atoms with Gasteiger partial charge in [-0.25, -0.2) is 4.79 Å². The van der Waals surface area contributed by atoms with E-state index in [-0.39, 0.29) is 5.48 Å². The normalized spacial score (nSPS) is 13.4. The minimum Gasteiger partial charge on any atom is -0.508 e. The molecule has 0 fully saturated rings. The van der Waals surface area contributed by atoms with Crippen LogP contribution < -0.4 is 0 Å². The number of halogens is 3. The van der Waals surface area contributed by atoms with Crippen LogP contribution in [0.4, 0.5) is 13.2 Å². The topological polar surface area (TPSA) is 89.0 Å². The highest BCUT2D eigenvalue weighted by Crippen LogP contribution is 2.36. The molecule has 0 aromatic heterocycles. The van der Waals surface area contributed by atoms with Crippen molar-refractivity contribution in [2.75, 3.05) is 0 Å². The van der Waals surface area contributed by atoms with Crippen LogP contribution in [-0.2, 0) is 16.3 Å². The monoisotopic (exact) mass is 572 g/mol. The van der Waals surface area contributed by atoms with Crippen molar-refractivity contribution in [3.05, 3.63) is 114 Å². The molecule has 0 saturated heterocycles. The van der Waals surface area contributed by atoms with Crippen LogP contribution >= 0.6 is 33.3 Å². The number of rotatable bonds is 5. The van der Waals surface area contributed by atoms with Gasteiger partial charge in [0.2, 0.25) is 0 Å². The molecule has 1 atom stereocenters. The lowest BCUT2D eigenvalue weighted by atomic mass is 10.2. The molecule has 0 bridgehead atoms. The lowest BCUT2D eigenvalue weighted by molar-refractivity contribution is -0.192. The van der Waals surface area contributed by atoms with Crippen LogP contribution in [0.25, 0.3) is 0 Å². The molecule has 0 aliphatic carbocycles. The van der Waals surface area contributed by atoms with E-state index in [1.54, 1.807) is 24.3 Å². The van der Waals surface area contributed by atoms with Gasteiger partial charge < -0.3 is 15.7 Å². The van der Waals surface area contributed by atoms with Crippen LogP contribution in [0.3, 0.4) is 0 Å². The molecule has 0 saturated carbocycles. The van der Waals surface area contributed by atoms with Crippen molar-refractivity contribution in [2.24, 2.45) is 0 Å². The second-order valence-electron chi connectivity index (χ2n) is 7.07. The van der Waals surface area contributed by atoms with E-state index in [0.717, 1.165) is 16.8 Å². The number of thioether (sulfide) groups is 1. The van der Waals surface area contributed by atoms with Gasteiger partial charge in [-0.05, 0) is 35.1 Å². The molecule has 4 N–H and O–H groups in total. The zero-order chi connectivity index (χ0) is 26.7. The van der Waals surface area contributed by atoms with Gasteiger partial charge in [-0.15, -0.1) is 0 Å². The molecule has 4 rings (SSSR count). The average molecular weight is 573 g/mol. The largest absolute Gasteiger partial charge is 0.508 e. The van der Waals surface area contributed by atoms with Crippen LogP contribution in [0.1, 0.15) is 24.5 Å². The van der Waals surface area contributed by atoms with Gasteiger partial charge in [-0.2, -0.15) is 24.9 Å². The molecule has 0 amide bonds. The van der Waals surface area contributed by atoms with Crippen molar-refractivity contribution in [1.29, 1.82) is 0 Å². The average Bonchev–Trinajstić information content (AvgIpc) is 3.41. The molecule has 3 aromatic carbocycles. The number of aromatic hydroxyl groups is 1. The minimum atomic E-state index is -5.08. The molecule has 4 nitrogen and oxygen atoms in total. The standard InChI is InChI=1S/C14H14S.C6H6O.C5H8S2.C2HF3O2.H2O/c1-3-7-13(8-4-1)11-15-12-14-9-5-2-6-10-14;7-6-4-2-1-3-5-6;1-2-5-3-4-6-7-5;3-2(4,5)1(6)7;/h1-10H,11-12H2;1-5,7H;3-5H,2H2,1H3;(H,6,7);1H2. The molecule has 1 heterocycles. The summed E-state index contributed by atoms with van der Waals surface area (Å²) in [6, 6.07) is 29.9. The maximum atomic E-state index is 10.6. The predicted octanol–water partition coefficient (Wildman–Crippen LogP) is 7.99. The second-order valence-corrected chi connectivity index (χ2v) is 10.5. The van der Waals surface area contributed by atoms with E-state index in [0.29, 0.717) is 5.75 Å². The Kier molecular flexibility index (Phi) is 19.1. The second kappa shape index (κ2) is 20.5. The highest BCUT2D eigenvalue weighted by molar-refractivity contribution is 8.78. The summed E-state index contributed by atoms with van der Waals surface area (Å²) in [6.45, 7) is 2.22. The minimum absolute atomic E-state index is 0. The Morgan fingerprint density at radius 2 is 1.27 bits per heavy atom. The summed E-state index contributed by atoms with van der Waals surface area (Å²) in [6.07, 6.45) is -1.55. The number of aliphatic carboxylic acids is 1. The quantitative estimate of drug-likeness (QED) is 0.301. The van der Waals surface area contributed by atoms with Gasteiger partial charge in [0.1, 0.15) is 5.75 Å². The van der Waals surface area contributed by atoms with Crippen LogP contribution in [0, 0.1) is 0 Å². The van der Waals surface area contributed by atoms with Crippen molar-refractivity contribution in [3.63, 3.8) is 0 Å². The summed E-state index contributed by atoms with van der Waals surface area (Å²) >= 11 is 1.96. The van der Waals surface area contributed by atoms with Gasteiger partial charge in [0.25, 0.3) is 0 Å². The number of phenolic OH excluding ortho intramolecular Hbond substituents is 1. The zero-order valence-electron chi connectivity index (χ0n) is 20.2. The first-order chi connectivity index (χ1) is 17.2. The summed E-state index contributed by atoms with van der Waals surface area (Å²) in [4.78, 5) is 8.90. The maximum Gasteiger partial charge on any atom is 0.490 e. The number of alkyl halides is 3. The smallest absolute Gasteiger partial charge is 0.490 e. The van der Waals surface area contributed by atoms with E-state index in [1.807, 2.05) is 39.4 Å². The number of phenols is 1. The number of carbonyl (C=O) groups is 1. The first-order valence-electron chi connectivity index (χ1n) is 10.9. The molecule has 202 valence electrons. The lowest BCUT2D eigenvalue weighted by Gasteiger charge is -2.01. The van der Waals surface area contributed by atoms with E-state index in [1.165, 1.54) is 17.5 Å². The van der Waals surface area contributed by atoms with Crippen molar-refractivity contribution < 1.29 is 33.7 Å².